The Balaban J connectivity index is 1.53. The van der Waals surface area contributed by atoms with E-state index in [0.717, 1.165) is 27.1 Å². The number of ether oxygens (including phenoxy) is 2. The Morgan fingerprint density at radius 1 is 1.17 bits per heavy atom. The monoisotopic (exact) mass is 476 g/mol. The summed E-state index contributed by atoms with van der Waals surface area (Å²) in [4.78, 5) is 46.7. The molecule has 2 aliphatic rings. The number of urea groups is 1. The lowest BCUT2D eigenvalue weighted by Crippen LogP contribution is -2.49. The van der Waals surface area contributed by atoms with Gasteiger partial charge >= 0.3 is 6.03 Å². The summed E-state index contributed by atoms with van der Waals surface area (Å²) in [7, 11) is 3.22. The molecule has 0 saturated carbocycles. The number of benzene rings is 2. The number of H-pyrrole nitrogens is 1. The first-order chi connectivity index (χ1) is 16.9. The number of carbonyl (C=O) groups excluding carboxylic acids is 3. The van der Waals surface area contributed by atoms with Gasteiger partial charge in [0.05, 0.1) is 24.1 Å². The quantitative estimate of drug-likeness (QED) is 0.403. The summed E-state index contributed by atoms with van der Waals surface area (Å²) in [6, 6.07) is 12.0. The van der Waals surface area contributed by atoms with Crippen LogP contribution in [0.25, 0.3) is 10.9 Å². The Hall–Kier alpha value is -3.85. The maximum absolute atomic E-state index is 14.0. The SMILES string of the molecule is COCCCNC(=O)c1ccccc1N1C(=O)N2CCc3c([nH]c4ccc(OC)cc34)[C@@]2(C)C1=O. The molecule has 2 aromatic carbocycles. The van der Waals surface area contributed by atoms with Gasteiger partial charge < -0.3 is 24.7 Å². The van der Waals surface area contributed by atoms with Gasteiger partial charge in [-0.05, 0) is 55.7 Å². The summed E-state index contributed by atoms with van der Waals surface area (Å²) >= 11 is 0. The van der Waals surface area contributed by atoms with Crippen LogP contribution in [0.2, 0.25) is 0 Å². The fraction of sp³-hybridized carbons (Fsp3) is 0.346. The number of nitrogens with one attached hydrogen (secondary N) is 2. The first-order valence-corrected chi connectivity index (χ1v) is 11.6. The van der Waals surface area contributed by atoms with E-state index in [4.69, 9.17) is 9.47 Å². The standard InChI is InChI=1S/C26H28N4O5/c1-26-22-17(19-15-16(35-3)9-10-20(19)28-22)11-13-29(26)25(33)30(24(26)32)21-8-5-4-7-18(21)23(31)27-12-6-14-34-2/h4-5,7-10,15,28H,6,11-14H2,1-3H3,(H,27,31)/t26-/m0/s1. The normalized spacial score (nSPS) is 19.2. The van der Waals surface area contributed by atoms with Crippen molar-refractivity contribution in [3.05, 3.63) is 59.3 Å². The Labute approximate surface area is 203 Å². The van der Waals surface area contributed by atoms with Crippen molar-refractivity contribution in [3.63, 3.8) is 0 Å². The topological polar surface area (TPSA) is 104 Å². The van der Waals surface area contributed by atoms with Crippen LogP contribution in [0, 0.1) is 0 Å². The number of anilines is 1. The lowest BCUT2D eigenvalue weighted by molar-refractivity contribution is -0.125. The molecule has 3 heterocycles. The molecule has 35 heavy (non-hydrogen) atoms. The number of hydrogen-bond donors (Lipinski definition) is 2. The molecule has 9 nitrogen and oxygen atoms in total. The number of imide groups is 1. The van der Waals surface area contributed by atoms with Crippen molar-refractivity contribution in [2.45, 2.75) is 25.3 Å². The van der Waals surface area contributed by atoms with E-state index < -0.39 is 11.6 Å². The fourth-order valence-electron chi connectivity index (χ4n) is 5.13. The predicted octanol–water partition coefficient (Wildman–Crippen LogP) is 3.18. The molecule has 3 aromatic rings. The Bertz CT molecular complexity index is 1330. The van der Waals surface area contributed by atoms with E-state index in [1.54, 1.807) is 50.3 Å². The zero-order valence-electron chi connectivity index (χ0n) is 20.0. The predicted molar refractivity (Wildman–Crippen MR) is 131 cm³/mol. The van der Waals surface area contributed by atoms with Gasteiger partial charge in [0.15, 0.2) is 5.54 Å². The van der Waals surface area contributed by atoms with E-state index in [9.17, 15) is 14.4 Å². The van der Waals surface area contributed by atoms with Crippen molar-refractivity contribution < 1.29 is 23.9 Å². The third-order valence-corrected chi connectivity index (χ3v) is 6.97. The van der Waals surface area contributed by atoms with Crippen LogP contribution in [0.5, 0.6) is 5.75 Å². The van der Waals surface area contributed by atoms with Gasteiger partial charge in [0, 0.05) is 37.7 Å². The number of methoxy groups -OCH3 is 2. The van der Waals surface area contributed by atoms with E-state index >= 15 is 0 Å². The molecule has 1 aromatic heterocycles. The van der Waals surface area contributed by atoms with E-state index in [1.807, 2.05) is 18.2 Å². The minimum atomic E-state index is -1.21. The summed E-state index contributed by atoms with van der Waals surface area (Å²) in [5, 5.41) is 3.83. The zero-order valence-corrected chi connectivity index (χ0v) is 20.0. The van der Waals surface area contributed by atoms with Crippen LogP contribution >= 0.6 is 0 Å². The highest BCUT2D eigenvalue weighted by atomic mass is 16.5. The molecule has 1 fully saturated rings. The van der Waals surface area contributed by atoms with Crippen LogP contribution in [0.15, 0.2) is 42.5 Å². The Morgan fingerprint density at radius 2 is 1.97 bits per heavy atom. The van der Waals surface area contributed by atoms with Crippen molar-refractivity contribution in [1.29, 1.82) is 0 Å². The highest BCUT2D eigenvalue weighted by Gasteiger charge is 2.59. The minimum absolute atomic E-state index is 0.275. The van der Waals surface area contributed by atoms with Crippen LogP contribution in [0.1, 0.15) is 35.0 Å². The molecule has 182 valence electrons. The molecule has 0 bridgehead atoms. The number of fused-ring (bicyclic) bond motifs is 5. The summed E-state index contributed by atoms with van der Waals surface area (Å²) in [5.74, 6) is 0.0000938. The van der Waals surface area contributed by atoms with Crippen LogP contribution < -0.4 is 15.0 Å². The van der Waals surface area contributed by atoms with Gasteiger partial charge in [0.2, 0.25) is 0 Å². The van der Waals surface area contributed by atoms with E-state index in [0.29, 0.717) is 38.2 Å². The average molecular weight is 477 g/mol. The molecule has 9 heteroatoms. The summed E-state index contributed by atoms with van der Waals surface area (Å²) in [6.07, 6.45) is 1.26. The van der Waals surface area contributed by atoms with Crippen molar-refractivity contribution in [2.24, 2.45) is 0 Å². The third kappa shape index (κ3) is 3.46. The van der Waals surface area contributed by atoms with Crippen LogP contribution in [0.3, 0.4) is 0 Å². The van der Waals surface area contributed by atoms with Gasteiger partial charge in [0.25, 0.3) is 11.8 Å². The third-order valence-electron chi connectivity index (χ3n) is 6.97. The lowest BCUT2D eigenvalue weighted by Gasteiger charge is -2.35. The number of aromatic nitrogens is 1. The summed E-state index contributed by atoms with van der Waals surface area (Å²) < 4.78 is 10.4. The second-order valence-electron chi connectivity index (χ2n) is 8.91. The molecule has 1 saturated heterocycles. The molecule has 2 aliphatic heterocycles. The van der Waals surface area contributed by atoms with Crippen LogP contribution in [0.4, 0.5) is 10.5 Å². The molecule has 0 unspecified atom stereocenters. The number of amides is 4. The van der Waals surface area contributed by atoms with E-state index in [1.165, 1.54) is 0 Å². The van der Waals surface area contributed by atoms with Gasteiger partial charge in [-0.2, -0.15) is 0 Å². The van der Waals surface area contributed by atoms with Crippen LogP contribution in [-0.4, -0.2) is 61.6 Å². The largest absolute Gasteiger partial charge is 0.497 e. The molecule has 4 amide bonds. The maximum atomic E-state index is 14.0. The minimum Gasteiger partial charge on any atom is -0.497 e. The van der Waals surface area contributed by atoms with Gasteiger partial charge in [-0.3, -0.25) is 9.59 Å². The molecule has 2 N–H and O–H groups in total. The molecule has 1 atom stereocenters. The number of hydrogen-bond acceptors (Lipinski definition) is 5. The lowest BCUT2D eigenvalue weighted by atomic mass is 9.87. The molecule has 0 radical (unpaired) electrons. The zero-order chi connectivity index (χ0) is 24.7. The van der Waals surface area contributed by atoms with E-state index in [2.05, 4.69) is 10.3 Å². The summed E-state index contributed by atoms with van der Waals surface area (Å²) in [5.41, 5.74) is 1.94. The average Bonchev–Trinajstić information content (AvgIpc) is 3.34. The van der Waals surface area contributed by atoms with Gasteiger partial charge in [-0.25, -0.2) is 9.69 Å². The highest BCUT2D eigenvalue weighted by molar-refractivity contribution is 6.25. The van der Waals surface area contributed by atoms with E-state index in [-0.39, 0.29) is 23.1 Å². The van der Waals surface area contributed by atoms with Gasteiger partial charge in [-0.1, -0.05) is 12.1 Å². The maximum Gasteiger partial charge on any atom is 0.332 e. The van der Waals surface area contributed by atoms with Gasteiger partial charge in [-0.15, -0.1) is 0 Å². The number of para-hydroxylation sites is 1. The highest BCUT2D eigenvalue weighted by Crippen LogP contribution is 2.46. The van der Waals surface area contributed by atoms with Crippen LogP contribution in [-0.2, 0) is 21.5 Å². The van der Waals surface area contributed by atoms with Crippen molar-refractivity contribution >= 4 is 34.4 Å². The van der Waals surface area contributed by atoms with Crippen molar-refractivity contribution in [3.8, 4) is 5.75 Å². The molecule has 0 spiro atoms. The number of rotatable bonds is 7. The van der Waals surface area contributed by atoms with Crippen molar-refractivity contribution in [2.75, 3.05) is 38.8 Å². The van der Waals surface area contributed by atoms with Crippen molar-refractivity contribution in [1.82, 2.24) is 15.2 Å². The van der Waals surface area contributed by atoms with Gasteiger partial charge in [0.1, 0.15) is 5.75 Å². The second kappa shape index (κ2) is 8.74. The Kier molecular flexibility index (Phi) is 5.72. The number of carbonyl (C=O) groups is 3. The molecule has 0 aliphatic carbocycles. The molecular formula is C26H28N4O5. The second-order valence-corrected chi connectivity index (χ2v) is 8.91. The fourth-order valence-corrected chi connectivity index (χ4v) is 5.13. The summed E-state index contributed by atoms with van der Waals surface area (Å²) in [6.45, 7) is 3.11. The molecule has 5 rings (SSSR count). The first kappa shape index (κ1) is 22.9. The number of nitrogens with zero attached hydrogens (tertiary/aromatic N) is 2. The molecular weight excluding hydrogens is 448 g/mol. The number of aromatic amines is 1. The smallest absolute Gasteiger partial charge is 0.332 e. The first-order valence-electron chi connectivity index (χ1n) is 11.6. The Morgan fingerprint density at radius 3 is 2.74 bits per heavy atom.